The lowest BCUT2D eigenvalue weighted by Gasteiger charge is -2.35. The van der Waals surface area contributed by atoms with E-state index in [-0.39, 0.29) is 17.0 Å². The number of hydrogen-bond donors (Lipinski definition) is 0. The molecule has 0 aromatic heterocycles. The highest BCUT2D eigenvalue weighted by Crippen LogP contribution is 2.35. The number of anilines is 1. The van der Waals surface area contributed by atoms with Crippen LogP contribution in [0.15, 0.2) is 54.2 Å². The number of rotatable bonds is 3. The van der Waals surface area contributed by atoms with Gasteiger partial charge in [0.25, 0.3) is 5.91 Å². The SMILES string of the molecule is CC.CN1CN(c2cc(Oc3ccccc3)c(C#N)cc2F)C(=O)C=C1C(F)(F)F. The van der Waals surface area contributed by atoms with E-state index >= 15 is 0 Å². The summed E-state index contributed by atoms with van der Waals surface area (Å²) in [5.41, 5.74) is -1.53. The molecule has 3 rings (SSSR count). The van der Waals surface area contributed by atoms with Crippen LogP contribution >= 0.6 is 0 Å². The number of carbonyl (C=O) groups is 1. The Morgan fingerprint density at radius 1 is 1.13 bits per heavy atom. The Morgan fingerprint density at radius 2 is 1.77 bits per heavy atom. The topological polar surface area (TPSA) is 56.6 Å². The summed E-state index contributed by atoms with van der Waals surface area (Å²) in [7, 11) is 1.14. The van der Waals surface area contributed by atoms with Crippen molar-refractivity contribution in [1.82, 2.24) is 4.90 Å². The van der Waals surface area contributed by atoms with E-state index in [0.717, 1.165) is 29.0 Å². The minimum Gasteiger partial charge on any atom is -0.456 e. The summed E-state index contributed by atoms with van der Waals surface area (Å²) in [6.07, 6.45) is -4.31. The number of allylic oxidation sites excluding steroid dienone is 1. The second-order valence-electron chi connectivity index (χ2n) is 5.96. The fourth-order valence-corrected chi connectivity index (χ4v) is 2.69. The maximum atomic E-state index is 14.5. The average Bonchev–Trinajstić information content (AvgIpc) is 2.72. The van der Waals surface area contributed by atoms with E-state index in [0.29, 0.717) is 11.8 Å². The van der Waals surface area contributed by atoms with Gasteiger partial charge < -0.3 is 9.64 Å². The fourth-order valence-electron chi connectivity index (χ4n) is 2.69. The second-order valence-corrected chi connectivity index (χ2v) is 5.96. The van der Waals surface area contributed by atoms with Crippen LogP contribution in [0.4, 0.5) is 23.2 Å². The van der Waals surface area contributed by atoms with Crippen molar-refractivity contribution in [2.24, 2.45) is 0 Å². The molecule has 0 aliphatic carbocycles. The van der Waals surface area contributed by atoms with Crippen LogP contribution in [-0.2, 0) is 4.79 Å². The molecule has 0 spiro atoms. The van der Waals surface area contributed by atoms with Crippen LogP contribution in [-0.4, -0.2) is 30.7 Å². The number of halogens is 4. The van der Waals surface area contributed by atoms with Gasteiger partial charge in [-0.1, -0.05) is 32.0 Å². The third-order valence-corrected chi connectivity index (χ3v) is 4.01. The zero-order valence-corrected chi connectivity index (χ0v) is 16.5. The van der Waals surface area contributed by atoms with Gasteiger partial charge in [0, 0.05) is 19.2 Å². The Bertz CT molecular complexity index is 982. The number of amides is 1. The largest absolute Gasteiger partial charge is 0.456 e. The Hall–Kier alpha value is -3.54. The van der Waals surface area contributed by atoms with Crippen molar-refractivity contribution in [3.8, 4) is 17.6 Å². The first kappa shape index (κ1) is 22.7. The number of alkyl halides is 3. The summed E-state index contributed by atoms with van der Waals surface area (Å²) in [6.45, 7) is 3.48. The third kappa shape index (κ3) is 4.89. The van der Waals surface area contributed by atoms with E-state index in [1.165, 1.54) is 0 Å². The number of carbonyl (C=O) groups excluding carboxylic acids is 1. The van der Waals surface area contributed by atoms with E-state index in [1.807, 2.05) is 13.8 Å². The molecule has 0 saturated carbocycles. The standard InChI is InChI=1S/C19H13F4N3O2.C2H6/c1-25-11-26(18(27)9-17(25)19(21,22)23)15-8-16(12(10-24)7-14(15)20)28-13-5-3-2-4-6-13;1-2/h2-9H,11H2,1H3;1-2H3. The lowest BCUT2D eigenvalue weighted by Crippen LogP contribution is -2.46. The van der Waals surface area contributed by atoms with Gasteiger partial charge in [0.15, 0.2) is 0 Å². The fraction of sp³-hybridized carbons (Fsp3) is 0.238. The highest BCUT2D eigenvalue weighted by Gasteiger charge is 2.41. The normalized spacial score (nSPS) is 13.8. The Kier molecular flexibility index (Phi) is 7.06. The van der Waals surface area contributed by atoms with Crippen LogP contribution in [0, 0.1) is 17.1 Å². The summed E-state index contributed by atoms with van der Waals surface area (Å²) in [5, 5.41) is 9.22. The average molecular weight is 421 g/mol. The summed E-state index contributed by atoms with van der Waals surface area (Å²) >= 11 is 0. The third-order valence-electron chi connectivity index (χ3n) is 4.01. The van der Waals surface area contributed by atoms with Gasteiger partial charge in [-0.15, -0.1) is 0 Å². The number of ether oxygens (including phenoxy) is 1. The molecule has 1 amide bonds. The molecular weight excluding hydrogens is 402 g/mol. The first-order valence-electron chi connectivity index (χ1n) is 8.99. The molecule has 0 fully saturated rings. The molecule has 2 aromatic carbocycles. The van der Waals surface area contributed by atoms with Gasteiger partial charge in [0.05, 0.1) is 17.9 Å². The predicted molar refractivity (Wildman–Crippen MR) is 103 cm³/mol. The van der Waals surface area contributed by atoms with Crippen LogP contribution < -0.4 is 9.64 Å². The molecule has 0 saturated heterocycles. The van der Waals surface area contributed by atoms with Crippen LogP contribution in [0.1, 0.15) is 19.4 Å². The smallest absolute Gasteiger partial charge is 0.431 e. The van der Waals surface area contributed by atoms with Gasteiger partial charge in [-0.25, -0.2) is 4.39 Å². The van der Waals surface area contributed by atoms with Crippen molar-refractivity contribution >= 4 is 11.6 Å². The lowest BCUT2D eigenvalue weighted by molar-refractivity contribution is -0.123. The first-order valence-corrected chi connectivity index (χ1v) is 8.99. The highest BCUT2D eigenvalue weighted by molar-refractivity contribution is 6.03. The molecule has 1 aliphatic rings. The maximum Gasteiger partial charge on any atom is 0.431 e. The van der Waals surface area contributed by atoms with Crippen LogP contribution in [0.25, 0.3) is 0 Å². The van der Waals surface area contributed by atoms with Gasteiger partial charge in [-0.05, 0) is 18.2 Å². The zero-order chi connectivity index (χ0) is 22.5. The Labute approximate surface area is 171 Å². The minimum atomic E-state index is -4.71. The summed E-state index contributed by atoms with van der Waals surface area (Å²) in [5.74, 6) is -1.61. The van der Waals surface area contributed by atoms with E-state index < -0.39 is 30.3 Å². The van der Waals surface area contributed by atoms with Crippen LogP contribution in [0.2, 0.25) is 0 Å². The molecule has 0 N–H and O–H groups in total. The van der Waals surface area contributed by atoms with Gasteiger partial charge >= 0.3 is 6.18 Å². The Balaban J connectivity index is 0.00000155. The van der Waals surface area contributed by atoms with Crippen LogP contribution in [0.5, 0.6) is 11.5 Å². The van der Waals surface area contributed by atoms with Crippen molar-refractivity contribution in [2.75, 3.05) is 18.6 Å². The number of nitriles is 1. The van der Waals surface area contributed by atoms with Crippen molar-refractivity contribution in [1.29, 1.82) is 5.26 Å². The van der Waals surface area contributed by atoms with Gasteiger partial charge in [0.1, 0.15) is 29.1 Å². The van der Waals surface area contributed by atoms with E-state index in [9.17, 15) is 27.6 Å². The molecule has 9 heteroatoms. The molecular formula is C21H19F4N3O2. The predicted octanol–water partition coefficient (Wildman–Crippen LogP) is 5.20. The number of hydrogen-bond acceptors (Lipinski definition) is 4. The molecule has 0 atom stereocenters. The van der Waals surface area contributed by atoms with Crippen molar-refractivity contribution < 1.29 is 27.1 Å². The molecule has 0 unspecified atom stereocenters. The second kappa shape index (κ2) is 9.31. The lowest BCUT2D eigenvalue weighted by atomic mass is 10.1. The van der Waals surface area contributed by atoms with Gasteiger partial charge in [-0.3, -0.25) is 9.69 Å². The quantitative estimate of drug-likeness (QED) is 0.640. The molecule has 0 radical (unpaired) electrons. The number of benzene rings is 2. The molecule has 30 heavy (non-hydrogen) atoms. The van der Waals surface area contributed by atoms with Crippen LogP contribution in [0.3, 0.4) is 0 Å². The highest BCUT2D eigenvalue weighted by atomic mass is 19.4. The summed E-state index contributed by atoms with van der Waals surface area (Å²) in [6, 6.07) is 12.2. The van der Waals surface area contributed by atoms with Gasteiger partial charge in [0.2, 0.25) is 0 Å². The molecule has 158 valence electrons. The first-order chi connectivity index (χ1) is 14.2. The summed E-state index contributed by atoms with van der Waals surface area (Å²) < 4.78 is 59.0. The number of nitrogens with zero attached hydrogens (tertiary/aromatic N) is 3. The van der Waals surface area contributed by atoms with E-state index in [2.05, 4.69) is 0 Å². The molecule has 0 bridgehead atoms. The molecule has 1 heterocycles. The zero-order valence-electron chi connectivity index (χ0n) is 16.5. The van der Waals surface area contributed by atoms with Crippen molar-refractivity contribution in [2.45, 2.75) is 20.0 Å². The number of para-hydroxylation sites is 1. The van der Waals surface area contributed by atoms with E-state index in [1.54, 1.807) is 36.4 Å². The minimum absolute atomic E-state index is 0.0221. The van der Waals surface area contributed by atoms with Crippen molar-refractivity contribution in [3.05, 3.63) is 65.6 Å². The molecule has 2 aromatic rings. The Morgan fingerprint density at radius 3 is 2.33 bits per heavy atom. The molecule has 5 nitrogen and oxygen atoms in total. The maximum absolute atomic E-state index is 14.5. The van der Waals surface area contributed by atoms with Crippen molar-refractivity contribution in [3.63, 3.8) is 0 Å². The molecule has 1 aliphatic heterocycles. The van der Waals surface area contributed by atoms with Gasteiger partial charge in [-0.2, -0.15) is 18.4 Å². The monoisotopic (exact) mass is 421 g/mol. The van der Waals surface area contributed by atoms with E-state index in [4.69, 9.17) is 4.74 Å². The summed E-state index contributed by atoms with van der Waals surface area (Å²) in [4.78, 5) is 13.8.